The zero-order chi connectivity index (χ0) is 11.7. The van der Waals surface area contributed by atoms with E-state index in [1.54, 1.807) is 6.07 Å². The molecule has 0 radical (unpaired) electrons. The largest absolute Gasteiger partial charge is 0.398 e. The summed E-state index contributed by atoms with van der Waals surface area (Å²) in [5.74, 6) is -0.300. The van der Waals surface area contributed by atoms with E-state index < -0.39 is 0 Å². The first-order valence-electron chi connectivity index (χ1n) is 5.20. The Bertz CT molecular complexity index is 512. The molecule has 0 aliphatic carbocycles. The molecule has 16 heavy (non-hydrogen) atoms. The second-order valence-corrected chi connectivity index (χ2v) is 4.11. The highest BCUT2D eigenvalue weighted by Crippen LogP contribution is 2.28. The van der Waals surface area contributed by atoms with Crippen molar-refractivity contribution in [3.8, 4) is 11.1 Å². The molecular weight excluding hydrogens is 201 g/mol. The first-order chi connectivity index (χ1) is 7.56. The van der Waals surface area contributed by atoms with Gasteiger partial charge in [-0.25, -0.2) is 4.39 Å². The first-order valence-corrected chi connectivity index (χ1v) is 5.20. The first kappa shape index (κ1) is 10.7. The molecule has 0 amide bonds. The minimum Gasteiger partial charge on any atom is -0.398 e. The molecule has 2 heteroatoms. The lowest BCUT2D eigenvalue weighted by atomic mass is 9.99. The van der Waals surface area contributed by atoms with Crippen molar-refractivity contribution in [3.05, 3.63) is 53.3 Å². The molecule has 0 aliphatic heterocycles. The topological polar surface area (TPSA) is 26.0 Å². The monoisotopic (exact) mass is 215 g/mol. The van der Waals surface area contributed by atoms with Crippen LogP contribution >= 0.6 is 0 Å². The lowest BCUT2D eigenvalue weighted by molar-refractivity contribution is 0.628. The molecule has 2 N–H and O–H groups in total. The van der Waals surface area contributed by atoms with Crippen molar-refractivity contribution in [2.45, 2.75) is 13.8 Å². The van der Waals surface area contributed by atoms with Crippen molar-refractivity contribution in [3.63, 3.8) is 0 Å². The van der Waals surface area contributed by atoms with E-state index >= 15 is 0 Å². The minimum absolute atomic E-state index is 0.300. The maximum atomic E-state index is 12.9. The van der Waals surface area contributed by atoms with E-state index in [9.17, 15) is 4.39 Å². The fourth-order valence-corrected chi connectivity index (χ4v) is 1.93. The Morgan fingerprint density at radius 2 is 1.56 bits per heavy atom. The van der Waals surface area contributed by atoms with Crippen molar-refractivity contribution >= 4 is 5.69 Å². The summed E-state index contributed by atoms with van der Waals surface area (Å²) in [6, 6.07) is 10.7. The van der Waals surface area contributed by atoms with Gasteiger partial charge in [0.25, 0.3) is 0 Å². The highest BCUT2D eigenvalue weighted by Gasteiger charge is 2.04. The average Bonchev–Trinajstić information content (AvgIpc) is 2.15. The lowest BCUT2D eigenvalue weighted by Gasteiger charge is -2.08. The van der Waals surface area contributed by atoms with Crippen LogP contribution in [0, 0.1) is 19.7 Å². The van der Waals surface area contributed by atoms with E-state index in [4.69, 9.17) is 5.73 Å². The number of halogens is 1. The number of rotatable bonds is 1. The third kappa shape index (κ3) is 2.06. The number of hydrogen-bond acceptors (Lipinski definition) is 1. The number of anilines is 1. The van der Waals surface area contributed by atoms with Gasteiger partial charge in [0.2, 0.25) is 0 Å². The molecule has 0 saturated carbocycles. The Balaban J connectivity index is 2.58. The van der Waals surface area contributed by atoms with Crippen LogP contribution in [0.4, 0.5) is 10.1 Å². The maximum Gasteiger partial charge on any atom is 0.125 e. The Labute approximate surface area is 94.7 Å². The molecule has 0 aliphatic rings. The molecule has 0 saturated heterocycles. The van der Waals surface area contributed by atoms with Gasteiger partial charge in [-0.15, -0.1) is 0 Å². The fraction of sp³-hybridized carbons (Fsp3) is 0.143. The molecule has 0 fully saturated rings. The molecule has 0 spiro atoms. The number of hydrogen-bond donors (Lipinski definition) is 1. The quantitative estimate of drug-likeness (QED) is 0.721. The number of benzene rings is 2. The van der Waals surface area contributed by atoms with Gasteiger partial charge in [-0.3, -0.25) is 0 Å². The minimum atomic E-state index is -0.300. The average molecular weight is 215 g/mol. The van der Waals surface area contributed by atoms with E-state index in [0.717, 1.165) is 11.1 Å². The SMILES string of the molecule is Cc1cc(C)cc(-c2ccc(F)cc2N)c1. The molecule has 1 nitrogen and oxygen atoms in total. The number of nitrogen functional groups attached to an aromatic ring is 1. The summed E-state index contributed by atoms with van der Waals surface area (Å²) in [7, 11) is 0. The molecule has 0 atom stereocenters. The zero-order valence-electron chi connectivity index (χ0n) is 9.42. The summed E-state index contributed by atoms with van der Waals surface area (Å²) >= 11 is 0. The van der Waals surface area contributed by atoms with Gasteiger partial charge >= 0.3 is 0 Å². The Hall–Kier alpha value is -1.83. The molecule has 2 aromatic carbocycles. The van der Waals surface area contributed by atoms with Gasteiger partial charge in [-0.2, -0.15) is 0 Å². The normalized spacial score (nSPS) is 10.4. The Kier molecular flexibility index (Phi) is 2.65. The van der Waals surface area contributed by atoms with Crippen LogP contribution in [0.25, 0.3) is 11.1 Å². The van der Waals surface area contributed by atoms with Crippen molar-refractivity contribution < 1.29 is 4.39 Å². The molecule has 82 valence electrons. The van der Waals surface area contributed by atoms with E-state index in [1.807, 2.05) is 13.8 Å². The maximum absolute atomic E-state index is 12.9. The van der Waals surface area contributed by atoms with Crippen LogP contribution < -0.4 is 5.73 Å². The van der Waals surface area contributed by atoms with E-state index in [1.165, 1.54) is 23.3 Å². The van der Waals surface area contributed by atoms with Gasteiger partial charge in [-0.1, -0.05) is 29.3 Å². The van der Waals surface area contributed by atoms with E-state index in [-0.39, 0.29) is 5.82 Å². The van der Waals surface area contributed by atoms with Crippen molar-refractivity contribution in [1.82, 2.24) is 0 Å². The third-order valence-electron chi connectivity index (χ3n) is 2.55. The predicted octanol–water partition coefficient (Wildman–Crippen LogP) is 3.69. The smallest absolute Gasteiger partial charge is 0.125 e. The third-order valence-corrected chi connectivity index (χ3v) is 2.55. The van der Waals surface area contributed by atoms with Crippen LogP contribution in [-0.4, -0.2) is 0 Å². The predicted molar refractivity (Wildman–Crippen MR) is 65.7 cm³/mol. The number of nitrogens with two attached hydrogens (primary N) is 1. The van der Waals surface area contributed by atoms with Crippen LogP contribution in [0.15, 0.2) is 36.4 Å². The van der Waals surface area contributed by atoms with Crippen LogP contribution in [0.5, 0.6) is 0 Å². The van der Waals surface area contributed by atoms with Crippen molar-refractivity contribution in [1.29, 1.82) is 0 Å². The second kappa shape index (κ2) is 3.97. The molecule has 0 unspecified atom stereocenters. The summed E-state index contributed by atoms with van der Waals surface area (Å²) in [6.45, 7) is 4.08. The summed E-state index contributed by atoms with van der Waals surface area (Å²) in [6.07, 6.45) is 0. The van der Waals surface area contributed by atoms with Crippen LogP contribution in [0.3, 0.4) is 0 Å². The zero-order valence-corrected chi connectivity index (χ0v) is 9.42. The molecule has 2 aromatic rings. The fourth-order valence-electron chi connectivity index (χ4n) is 1.93. The highest BCUT2D eigenvalue weighted by atomic mass is 19.1. The Morgan fingerprint density at radius 1 is 0.938 bits per heavy atom. The molecule has 0 heterocycles. The highest BCUT2D eigenvalue weighted by molar-refractivity contribution is 5.76. The summed E-state index contributed by atoms with van der Waals surface area (Å²) in [5, 5.41) is 0. The van der Waals surface area contributed by atoms with Crippen LogP contribution in [0.2, 0.25) is 0 Å². The molecule has 0 aromatic heterocycles. The Morgan fingerprint density at radius 3 is 2.12 bits per heavy atom. The van der Waals surface area contributed by atoms with Crippen LogP contribution in [0.1, 0.15) is 11.1 Å². The summed E-state index contributed by atoms with van der Waals surface area (Å²) in [5.41, 5.74) is 10.6. The second-order valence-electron chi connectivity index (χ2n) is 4.11. The van der Waals surface area contributed by atoms with Gasteiger partial charge in [0.15, 0.2) is 0 Å². The summed E-state index contributed by atoms with van der Waals surface area (Å²) in [4.78, 5) is 0. The van der Waals surface area contributed by atoms with Crippen LogP contribution in [-0.2, 0) is 0 Å². The van der Waals surface area contributed by atoms with Gasteiger partial charge in [0.05, 0.1) is 0 Å². The van der Waals surface area contributed by atoms with Gasteiger partial charge < -0.3 is 5.73 Å². The van der Waals surface area contributed by atoms with Crippen molar-refractivity contribution in [2.75, 3.05) is 5.73 Å². The molecule has 2 rings (SSSR count). The van der Waals surface area contributed by atoms with Gasteiger partial charge in [0, 0.05) is 11.3 Å². The van der Waals surface area contributed by atoms with Gasteiger partial charge in [-0.05, 0) is 37.6 Å². The van der Waals surface area contributed by atoms with E-state index in [0.29, 0.717) is 5.69 Å². The standard InChI is InChI=1S/C14H14FN/c1-9-5-10(2)7-11(6-9)13-4-3-12(15)8-14(13)16/h3-8H,16H2,1-2H3. The number of aryl methyl sites for hydroxylation is 2. The lowest BCUT2D eigenvalue weighted by Crippen LogP contribution is -1.92. The van der Waals surface area contributed by atoms with E-state index in [2.05, 4.69) is 18.2 Å². The molecular formula is C14H14FN. The van der Waals surface area contributed by atoms with Crippen molar-refractivity contribution in [2.24, 2.45) is 0 Å². The van der Waals surface area contributed by atoms with Gasteiger partial charge in [0.1, 0.15) is 5.82 Å². The summed E-state index contributed by atoms with van der Waals surface area (Å²) < 4.78 is 12.9. The molecule has 0 bridgehead atoms.